The number of benzene rings is 4. The molecule has 0 aromatic heterocycles. The number of nitrogens with two attached hydrogens (primary N) is 1. The summed E-state index contributed by atoms with van der Waals surface area (Å²) < 4.78 is 22.7. The number of esters is 1. The lowest BCUT2D eigenvalue weighted by Crippen LogP contribution is -2.54. The minimum absolute atomic E-state index is 0.0544. The van der Waals surface area contributed by atoms with E-state index in [4.69, 9.17) is 24.7 Å². The van der Waals surface area contributed by atoms with E-state index in [1.165, 1.54) is 0 Å². The number of unbranched alkanes of at least 4 members (excludes halogenated alkanes) is 4. The summed E-state index contributed by atoms with van der Waals surface area (Å²) in [6, 6.07) is 35.7. The topological polar surface area (TPSA) is 193 Å². The minimum Gasteiger partial charge on any atom is -0.460 e. The molecule has 1 heterocycles. The fraction of sp³-hybridized carbons (Fsp3) is 0.491. The maximum absolute atomic E-state index is 13.4. The summed E-state index contributed by atoms with van der Waals surface area (Å²) in [7, 11) is 0. The molecule has 6 N–H and O–H groups in total. The second-order valence-electron chi connectivity index (χ2n) is 17.4. The summed E-state index contributed by atoms with van der Waals surface area (Å²) in [6.07, 6.45) is 1.94. The molecule has 1 fully saturated rings. The number of nitrogens with one attached hydrogen (secondary N) is 1. The van der Waals surface area contributed by atoms with Gasteiger partial charge in [-0.05, 0) is 80.3 Å². The molecule has 4 aromatic carbocycles. The lowest BCUT2D eigenvalue weighted by molar-refractivity contribution is -0.283. The molecule has 1 saturated heterocycles. The number of alkyl carbamates (subject to hydrolysis) is 1. The van der Waals surface area contributed by atoms with E-state index in [1.807, 2.05) is 103 Å². The van der Waals surface area contributed by atoms with Gasteiger partial charge in [0.2, 0.25) is 5.91 Å². The highest BCUT2D eigenvalue weighted by molar-refractivity contribution is 5.81. The molecule has 14 heteroatoms. The number of aliphatic hydroxyl groups excluding tert-OH is 3. The van der Waals surface area contributed by atoms with Gasteiger partial charge in [-0.2, -0.15) is 0 Å². The molecule has 5 rings (SSSR count). The van der Waals surface area contributed by atoms with E-state index >= 15 is 0 Å². The van der Waals surface area contributed by atoms with E-state index in [2.05, 4.69) is 29.3 Å². The van der Waals surface area contributed by atoms with Crippen LogP contribution >= 0.6 is 0 Å². The smallest absolute Gasteiger partial charge is 0.407 e. The highest BCUT2D eigenvalue weighted by Crippen LogP contribution is 2.29. The van der Waals surface area contributed by atoms with E-state index < -0.39 is 54.7 Å². The van der Waals surface area contributed by atoms with Crippen LogP contribution in [-0.4, -0.2) is 119 Å². The summed E-state index contributed by atoms with van der Waals surface area (Å²) in [5, 5.41) is 36.3. The molecule has 0 spiro atoms. The zero-order chi connectivity index (χ0) is 47.6. The van der Waals surface area contributed by atoms with Gasteiger partial charge in [0.05, 0.1) is 25.3 Å². The zero-order valence-electron chi connectivity index (χ0n) is 39.0. The van der Waals surface area contributed by atoms with Crippen LogP contribution in [0.2, 0.25) is 0 Å². The Morgan fingerprint density at radius 1 is 0.731 bits per heavy atom. The number of primary amides is 1. The minimum atomic E-state index is -1.39. The molecule has 364 valence electrons. The Hall–Kier alpha value is -5.19. The average Bonchev–Trinajstić information content (AvgIpc) is 3.35. The van der Waals surface area contributed by atoms with Gasteiger partial charge in [0.15, 0.2) is 6.29 Å². The first-order valence-electron chi connectivity index (χ1n) is 23.9. The molecule has 1 aliphatic heterocycles. The number of hydrogen-bond donors (Lipinski definition) is 5. The second kappa shape index (κ2) is 29.5. The number of amides is 2. The maximum atomic E-state index is 13.4. The first-order chi connectivity index (χ1) is 32.6. The Morgan fingerprint density at radius 2 is 1.34 bits per heavy atom. The molecule has 0 radical (unpaired) electrons. The van der Waals surface area contributed by atoms with Crippen molar-refractivity contribution in [2.24, 2.45) is 5.73 Å². The Labute approximate surface area is 396 Å². The van der Waals surface area contributed by atoms with Crippen molar-refractivity contribution in [3.63, 3.8) is 0 Å². The molecular weight excluding hydrogens is 853 g/mol. The Morgan fingerprint density at radius 3 is 1.99 bits per heavy atom. The monoisotopic (exact) mass is 925 g/mol. The average molecular weight is 925 g/mol. The van der Waals surface area contributed by atoms with Crippen molar-refractivity contribution in [2.75, 3.05) is 45.9 Å². The first kappa shape index (κ1) is 52.8. The van der Waals surface area contributed by atoms with Crippen molar-refractivity contribution in [2.45, 2.75) is 121 Å². The number of aliphatic hydroxyl groups is 3. The van der Waals surface area contributed by atoms with Gasteiger partial charge in [0.25, 0.3) is 0 Å². The number of carbonyl (C=O) groups excluding carboxylic acids is 3. The molecule has 0 bridgehead atoms. The number of aryl methyl sites for hydroxylation is 2. The van der Waals surface area contributed by atoms with Crippen LogP contribution in [0.4, 0.5) is 4.79 Å². The SMILES string of the molecule is CCCCCCN(CCCN(CC(=O)OCc1ccccc1)C(CCc1ccc(CCCCNC(=O)OCc2ccccc2)cc1)C(N)=O)C[C@H](O)[C@@H](O)[C@@H]1OC(c2ccccc2)OC[C@H]1O. The van der Waals surface area contributed by atoms with Gasteiger partial charge < -0.3 is 50.2 Å². The Kier molecular flexibility index (Phi) is 23.3. The molecule has 4 aromatic rings. The number of ether oxygens (including phenoxy) is 4. The van der Waals surface area contributed by atoms with Gasteiger partial charge in [-0.25, -0.2) is 4.79 Å². The quantitative estimate of drug-likeness (QED) is 0.0293. The van der Waals surface area contributed by atoms with Crippen molar-refractivity contribution in [1.82, 2.24) is 15.1 Å². The van der Waals surface area contributed by atoms with Crippen molar-refractivity contribution in [1.29, 1.82) is 0 Å². The van der Waals surface area contributed by atoms with E-state index in [9.17, 15) is 29.7 Å². The van der Waals surface area contributed by atoms with E-state index in [0.29, 0.717) is 45.4 Å². The molecule has 0 aliphatic carbocycles. The van der Waals surface area contributed by atoms with Gasteiger partial charge in [-0.15, -0.1) is 0 Å². The fourth-order valence-electron chi connectivity index (χ4n) is 8.19. The summed E-state index contributed by atoms with van der Waals surface area (Å²) >= 11 is 0. The molecular formula is C53H72N4O10. The number of rotatable bonds is 30. The normalized spacial score (nSPS) is 17.4. The predicted octanol–water partition coefficient (Wildman–Crippen LogP) is 6.24. The van der Waals surface area contributed by atoms with Gasteiger partial charge in [0, 0.05) is 25.2 Å². The maximum Gasteiger partial charge on any atom is 0.407 e. The van der Waals surface area contributed by atoms with Crippen LogP contribution in [0.3, 0.4) is 0 Å². The van der Waals surface area contributed by atoms with Crippen LogP contribution in [-0.2, 0) is 54.6 Å². The van der Waals surface area contributed by atoms with Crippen LogP contribution in [0.15, 0.2) is 115 Å². The lowest BCUT2D eigenvalue weighted by Gasteiger charge is -2.39. The largest absolute Gasteiger partial charge is 0.460 e. The van der Waals surface area contributed by atoms with E-state index in [1.54, 1.807) is 4.90 Å². The van der Waals surface area contributed by atoms with Crippen molar-refractivity contribution in [3.8, 4) is 0 Å². The molecule has 2 amide bonds. The second-order valence-corrected chi connectivity index (χ2v) is 17.4. The van der Waals surface area contributed by atoms with Crippen LogP contribution < -0.4 is 11.1 Å². The molecule has 14 nitrogen and oxygen atoms in total. The first-order valence-corrected chi connectivity index (χ1v) is 23.9. The highest BCUT2D eigenvalue weighted by Gasteiger charge is 2.40. The van der Waals surface area contributed by atoms with Gasteiger partial charge >= 0.3 is 12.1 Å². The van der Waals surface area contributed by atoms with Crippen molar-refractivity contribution < 1.29 is 48.7 Å². The third-order valence-corrected chi connectivity index (χ3v) is 12.0. The zero-order valence-corrected chi connectivity index (χ0v) is 39.0. The van der Waals surface area contributed by atoms with Gasteiger partial charge in [-0.3, -0.25) is 14.5 Å². The van der Waals surface area contributed by atoms with Crippen LogP contribution in [0, 0.1) is 0 Å². The van der Waals surface area contributed by atoms with Gasteiger partial charge in [-0.1, -0.05) is 141 Å². The Balaban J connectivity index is 1.16. The summed E-state index contributed by atoms with van der Waals surface area (Å²) in [5.74, 6) is -1.01. The molecule has 1 aliphatic rings. The molecule has 67 heavy (non-hydrogen) atoms. The predicted molar refractivity (Wildman–Crippen MR) is 256 cm³/mol. The third-order valence-electron chi connectivity index (χ3n) is 12.0. The lowest BCUT2D eigenvalue weighted by atomic mass is 10.0. The van der Waals surface area contributed by atoms with Crippen molar-refractivity contribution >= 4 is 18.0 Å². The molecule has 2 unspecified atom stereocenters. The summed E-state index contributed by atoms with van der Waals surface area (Å²) in [6.45, 7) is 4.41. The van der Waals surface area contributed by atoms with Gasteiger partial charge in [0.1, 0.15) is 31.5 Å². The highest BCUT2D eigenvalue weighted by atomic mass is 16.7. The summed E-state index contributed by atoms with van der Waals surface area (Å²) in [5.41, 5.74) is 10.8. The van der Waals surface area contributed by atoms with Crippen LogP contribution in [0.25, 0.3) is 0 Å². The number of carbonyl (C=O) groups is 3. The molecule has 6 atom stereocenters. The molecule has 0 saturated carbocycles. The standard InChI is InChI=1S/C53H72N4O10/c1-2-3-4-16-32-56(35-46(58)49(61)50-47(59)39-65-52(67-50)44-23-12-7-13-24-44)33-17-34-57(36-48(60)64-37-42-19-8-5-9-20-42)45(51(54)62)30-29-41-27-25-40(26-28-41)18-14-15-31-55-53(63)66-38-43-21-10-6-11-22-43/h5-13,19-28,45-47,49-50,52,58-59,61H,2-4,14-18,29-39H2,1H3,(H2,54,62)(H,55,63)/t45?,46-,47+,49+,50+,52?/m0/s1. The third kappa shape index (κ3) is 19.1. The summed E-state index contributed by atoms with van der Waals surface area (Å²) in [4.78, 5) is 42.5. The number of hydrogen-bond acceptors (Lipinski definition) is 12. The number of nitrogens with zero attached hydrogens (tertiary/aromatic N) is 2. The van der Waals surface area contributed by atoms with E-state index in [0.717, 1.165) is 72.8 Å². The Bertz CT molecular complexity index is 2000. The van der Waals surface area contributed by atoms with Crippen molar-refractivity contribution in [3.05, 3.63) is 143 Å². The van der Waals surface area contributed by atoms with E-state index in [-0.39, 0.29) is 32.9 Å². The van der Waals surface area contributed by atoms with Crippen LogP contribution in [0.1, 0.15) is 92.4 Å². The van der Waals surface area contributed by atoms with Crippen LogP contribution in [0.5, 0.6) is 0 Å². The fourth-order valence-corrected chi connectivity index (χ4v) is 8.19.